The highest BCUT2D eigenvalue weighted by atomic mass is 32.2. The van der Waals surface area contributed by atoms with Crippen molar-refractivity contribution >= 4 is 27.5 Å². The summed E-state index contributed by atoms with van der Waals surface area (Å²) in [6, 6.07) is 7.42. The Morgan fingerprint density at radius 1 is 1.32 bits per heavy atom. The molecule has 7 nitrogen and oxygen atoms in total. The van der Waals surface area contributed by atoms with Crippen LogP contribution in [-0.4, -0.2) is 43.4 Å². The monoisotopic (exact) mass is 363 g/mol. The van der Waals surface area contributed by atoms with E-state index in [4.69, 9.17) is 5.26 Å². The molecule has 0 radical (unpaired) electrons. The van der Waals surface area contributed by atoms with E-state index in [-0.39, 0.29) is 31.6 Å². The van der Waals surface area contributed by atoms with E-state index in [0.717, 1.165) is 11.1 Å². The smallest absolute Gasteiger partial charge is 0.247 e. The Balaban J connectivity index is 2.28. The third-order valence-corrected chi connectivity index (χ3v) is 6.05. The first-order valence-electron chi connectivity index (χ1n) is 8.04. The fourth-order valence-corrected chi connectivity index (χ4v) is 4.08. The molecule has 2 rings (SSSR count). The van der Waals surface area contributed by atoms with Crippen molar-refractivity contribution in [3.8, 4) is 6.07 Å². The van der Waals surface area contributed by atoms with Crippen molar-refractivity contribution < 1.29 is 18.0 Å². The van der Waals surface area contributed by atoms with Crippen molar-refractivity contribution in [1.29, 1.82) is 5.26 Å². The molecule has 1 aliphatic heterocycles. The van der Waals surface area contributed by atoms with Crippen LogP contribution in [-0.2, 0) is 19.6 Å². The minimum atomic E-state index is -3.75. The van der Waals surface area contributed by atoms with Gasteiger partial charge >= 0.3 is 0 Å². The lowest BCUT2D eigenvalue weighted by Crippen LogP contribution is -2.48. The number of hydrogen-bond donors (Lipinski definition) is 0. The van der Waals surface area contributed by atoms with E-state index in [0.29, 0.717) is 9.99 Å². The topological polar surface area (TPSA) is 98.5 Å². The molecule has 1 aliphatic rings. The van der Waals surface area contributed by atoms with Gasteiger partial charge in [0.05, 0.1) is 18.2 Å². The number of nitriles is 1. The third-order valence-electron chi connectivity index (χ3n) is 4.24. The lowest BCUT2D eigenvalue weighted by molar-refractivity contribution is -0.131. The molecule has 1 heterocycles. The summed E-state index contributed by atoms with van der Waals surface area (Å²) in [5.74, 6) is -1.20. The molecule has 1 aromatic carbocycles. The van der Waals surface area contributed by atoms with Gasteiger partial charge in [-0.3, -0.25) is 9.59 Å². The first-order chi connectivity index (χ1) is 11.8. The molecule has 0 spiro atoms. The molecule has 0 bridgehead atoms. The second-order valence-corrected chi connectivity index (χ2v) is 8.05. The van der Waals surface area contributed by atoms with Gasteiger partial charge in [0.2, 0.25) is 21.8 Å². The molecule has 0 N–H and O–H groups in total. The van der Waals surface area contributed by atoms with Gasteiger partial charge in [-0.2, -0.15) is 5.26 Å². The number of nitrogens with zero attached hydrogens (tertiary/aromatic N) is 3. The lowest BCUT2D eigenvalue weighted by Gasteiger charge is -2.29. The fourth-order valence-electron chi connectivity index (χ4n) is 2.64. The first kappa shape index (κ1) is 18.9. The normalized spacial score (nSPS) is 16.4. The van der Waals surface area contributed by atoms with Gasteiger partial charge in [0.25, 0.3) is 0 Å². The van der Waals surface area contributed by atoms with Gasteiger partial charge in [-0.15, -0.1) is 0 Å². The second-order valence-electron chi connectivity index (χ2n) is 6.04. The molecule has 0 aromatic heterocycles. The number of benzene rings is 1. The van der Waals surface area contributed by atoms with E-state index in [2.05, 4.69) is 0 Å². The number of amides is 2. The zero-order valence-electron chi connectivity index (χ0n) is 14.4. The van der Waals surface area contributed by atoms with Crippen molar-refractivity contribution in [3.63, 3.8) is 0 Å². The van der Waals surface area contributed by atoms with Crippen LogP contribution in [0.15, 0.2) is 18.2 Å². The zero-order valence-corrected chi connectivity index (χ0v) is 15.2. The van der Waals surface area contributed by atoms with Gasteiger partial charge in [0.15, 0.2) is 0 Å². The van der Waals surface area contributed by atoms with Gasteiger partial charge in [-0.25, -0.2) is 12.7 Å². The van der Waals surface area contributed by atoms with Crippen LogP contribution >= 0.6 is 0 Å². The van der Waals surface area contributed by atoms with Crippen LogP contribution in [0.25, 0.3) is 0 Å². The van der Waals surface area contributed by atoms with Crippen molar-refractivity contribution in [2.45, 2.75) is 33.1 Å². The molecular weight excluding hydrogens is 342 g/mol. The van der Waals surface area contributed by atoms with Crippen molar-refractivity contribution in [2.24, 2.45) is 0 Å². The average molecular weight is 363 g/mol. The Labute approximate surface area is 147 Å². The minimum Gasteiger partial charge on any atom is -0.310 e. The van der Waals surface area contributed by atoms with E-state index in [1.165, 1.54) is 4.90 Å². The number of hydrogen-bond acceptors (Lipinski definition) is 5. The van der Waals surface area contributed by atoms with Gasteiger partial charge in [0, 0.05) is 18.7 Å². The van der Waals surface area contributed by atoms with Crippen LogP contribution in [0, 0.1) is 25.2 Å². The maximum absolute atomic E-state index is 12.7. The molecule has 1 saturated heterocycles. The molecular formula is C17H21N3O4S. The van der Waals surface area contributed by atoms with E-state index in [1.807, 2.05) is 32.0 Å². The van der Waals surface area contributed by atoms with Crippen LogP contribution < -0.4 is 4.90 Å². The number of anilines is 1. The maximum Gasteiger partial charge on any atom is 0.247 e. The number of sulfonamides is 1. The number of carbonyl (C=O) groups is 2. The van der Waals surface area contributed by atoms with E-state index in [1.54, 1.807) is 6.07 Å². The van der Waals surface area contributed by atoms with Gasteiger partial charge < -0.3 is 4.90 Å². The first-order valence-corrected chi connectivity index (χ1v) is 9.65. The third kappa shape index (κ3) is 4.37. The summed E-state index contributed by atoms with van der Waals surface area (Å²) in [6.45, 7) is 3.46. The SMILES string of the molecule is Cc1ccc(N(CCC#N)C(=O)CN2C(=O)CCCS2(=O)=O)cc1C. The quantitative estimate of drug-likeness (QED) is 0.789. The van der Waals surface area contributed by atoms with E-state index >= 15 is 0 Å². The van der Waals surface area contributed by atoms with Crippen LogP contribution in [0.1, 0.15) is 30.4 Å². The van der Waals surface area contributed by atoms with Crippen LogP contribution in [0.3, 0.4) is 0 Å². The van der Waals surface area contributed by atoms with Gasteiger partial charge in [0.1, 0.15) is 6.54 Å². The van der Waals surface area contributed by atoms with Crippen molar-refractivity contribution in [2.75, 3.05) is 23.7 Å². The molecule has 1 aromatic rings. The molecule has 0 atom stereocenters. The van der Waals surface area contributed by atoms with E-state index < -0.39 is 28.4 Å². The number of aryl methyl sites for hydroxylation is 2. The minimum absolute atomic E-state index is 0.110. The standard InChI is InChI=1S/C17H21N3O4S/c1-13-6-7-15(11-14(13)2)19(9-4-8-18)17(22)12-20-16(21)5-3-10-25(20,23)24/h6-7,11H,3-5,9-10,12H2,1-2H3. The molecule has 1 fully saturated rings. The molecule has 0 saturated carbocycles. The lowest BCUT2D eigenvalue weighted by atomic mass is 10.1. The average Bonchev–Trinajstić information content (AvgIpc) is 2.54. The van der Waals surface area contributed by atoms with Gasteiger partial charge in [-0.1, -0.05) is 6.07 Å². The highest BCUT2D eigenvalue weighted by molar-refractivity contribution is 7.89. The van der Waals surface area contributed by atoms with Crippen LogP contribution in [0.4, 0.5) is 5.69 Å². The molecule has 134 valence electrons. The molecule has 0 unspecified atom stereocenters. The summed E-state index contributed by atoms with van der Waals surface area (Å²) in [6.07, 6.45) is 0.509. The van der Waals surface area contributed by atoms with E-state index in [9.17, 15) is 18.0 Å². The van der Waals surface area contributed by atoms with Crippen molar-refractivity contribution in [1.82, 2.24) is 4.31 Å². The van der Waals surface area contributed by atoms with Crippen LogP contribution in [0.5, 0.6) is 0 Å². The summed E-state index contributed by atoms with van der Waals surface area (Å²) < 4.78 is 24.8. The molecule has 2 amide bonds. The highest BCUT2D eigenvalue weighted by Crippen LogP contribution is 2.21. The molecule has 0 aliphatic carbocycles. The summed E-state index contributed by atoms with van der Waals surface area (Å²) in [5.41, 5.74) is 2.63. The molecule has 25 heavy (non-hydrogen) atoms. The van der Waals surface area contributed by atoms with Gasteiger partial charge in [-0.05, 0) is 43.5 Å². The summed E-state index contributed by atoms with van der Waals surface area (Å²) >= 11 is 0. The Morgan fingerprint density at radius 3 is 2.64 bits per heavy atom. The summed E-state index contributed by atoms with van der Waals surface area (Å²) in [7, 11) is -3.75. The maximum atomic E-state index is 12.7. The Hall–Kier alpha value is -2.40. The van der Waals surface area contributed by atoms with Crippen molar-refractivity contribution in [3.05, 3.63) is 29.3 Å². The predicted octanol–water partition coefficient (Wildman–Crippen LogP) is 1.50. The summed E-state index contributed by atoms with van der Waals surface area (Å²) in [5, 5.41) is 8.84. The highest BCUT2D eigenvalue weighted by Gasteiger charge is 2.34. The largest absolute Gasteiger partial charge is 0.310 e. The predicted molar refractivity (Wildman–Crippen MR) is 93.2 cm³/mol. The summed E-state index contributed by atoms with van der Waals surface area (Å²) in [4.78, 5) is 26.0. The molecule has 8 heteroatoms. The fraction of sp³-hybridized carbons (Fsp3) is 0.471. The number of carbonyl (C=O) groups excluding carboxylic acids is 2. The van der Waals surface area contributed by atoms with Crippen LogP contribution in [0.2, 0.25) is 0 Å². The Morgan fingerprint density at radius 2 is 2.04 bits per heavy atom. The number of rotatable bonds is 5. The Bertz CT molecular complexity index is 827. The zero-order chi connectivity index (χ0) is 18.6. The second kappa shape index (κ2) is 7.66. The Kier molecular flexibility index (Phi) is 5.80.